The van der Waals surface area contributed by atoms with Crippen LogP contribution in [0.4, 0.5) is 5.95 Å². The van der Waals surface area contributed by atoms with E-state index in [1.165, 1.54) is 0 Å². The van der Waals surface area contributed by atoms with E-state index in [9.17, 15) is 4.79 Å². The number of ether oxygens (including phenoxy) is 1. The molecule has 116 valence electrons. The Labute approximate surface area is 128 Å². The minimum absolute atomic E-state index is 0.104. The number of nitrogens with zero attached hydrogens (tertiary/aromatic N) is 2. The fourth-order valence-electron chi connectivity index (χ4n) is 2.08. The molecule has 0 aliphatic rings. The summed E-state index contributed by atoms with van der Waals surface area (Å²) >= 11 is 0. The molecule has 1 heterocycles. The van der Waals surface area contributed by atoms with E-state index in [1.54, 1.807) is 6.92 Å². The van der Waals surface area contributed by atoms with Crippen LogP contribution in [0.15, 0.2) is 24.3 Å². The first-order valence-corrected chi connectivity index (χ1v) is 6.95. The zero-order chi connectivity index (χ0) is 16.1. The van der Waals surface area contributed by atoms with Crippen molar-refractivity contribution in [2.45, 2.75) is 20.3 Å². The molecule has 0 atom stereocenters. The molecular formula is C15H19N5O2. The maximum absolute atomic E-state index is 12.0. The number of nitrogen functional groups attached to an aromatic ring is 2. The van der Waals surface area contributed by atoms with Gasteiger partial charge in [-0.15, -0.1) is 0 Å². The van der Waals surface area contributed by atoms with Crippen LogP contribution in [0.5, 0.6) is 5.75 Å². The Hall–Kier alpha value is -2.67. The average Bonchev–Trinajstić information content (AvgIpc) is 2.52. The van der Waals surface area contributed by atoms with Crippen molar-refractivity contribution in [1.29, 1.82) is 0 Å². The molecule has 22 heavy (non-hydrogen) atoms. The number of aryl methyl sites for hydroxylation is 1. The van der Waals surface area contributed by atoms with Crippen LogP contribution in [-0.2, 0) is 0 Å². The van der Waals surface area contributed by atoms with E-state index < -0.39 is 5.91 Å². The van der Waals surface area contributed by atoms with Crippen LogP contribution in [-0.4, -0.2) is 22.5 Å². The first-order chi connectivity index (χ1) is 10.6. The van der Waals surface area contributed by atoms with E-state index in [2.05, 4.69) is 15.4 Å². The summed E-state index contributed by atoms with van der Waals surface area (Å²) in [5.41, 5.74) is 9.75. The smallest absolute Gasteiger partial charge is 0.269 e. The highest BCUT2D eigenvalue weighted by molar-refractivity contribution is 6.00. The van der Waals surface area contributed by atoms with Crippen molar-refractivity contribution in [3.8, 4) is 17.0 Å². The molecule has 0 unspecified atom stereocenters. The molecule has 0 saturated heterocycles. The Morgan fingerprint density at radius 1 is 1.27 bits per heavy atom. The van der Waals surface area contributed by atoms with Crippen LogP contribution < -0.4 is 21.7 Å². The quantitative estimate of drug-likeness (QED) is 0.437. The van der Waals surface area contributed by atoms with Gasteiger partial charge in [0.1, 0.15) is 5.75 Å². The maximum Gasteiger partial charge on any atom is 0.269 e. The van der Waals surface area contributed by atoms with Crippen molar-refractivity contribution in [3.63, 3.8) is 0 Å². The molecule has 1 aromatic heterocycles. The minimum Gasteiger partial charge on any atom is -0.494 e. The highest BCUT2D eigenvalue weighted by Crippen LogP contribution is 2.26. The first kappa shape index (κ1) is 15.7. The predicted octanol–water partition coefficient (Wildman–Crippen LogP) is 1.43. The molecule has 0 aliphatic carbocycles. The highest BCUT2D eigenvalue weighted by Gasteiger charge is 2.18. The lowest BCUT2D eigenvalue weighted by atomic mass is 10.0. The van der Waals surface area contributed by atoms with Gasteiger partial charge < -0.3 is 10.5 Å². The Balaban J connectivity index is 2.45. The number of carbonyl (C=O) groups excluding carboxylic acids is 1. The fraction of sp³-hybridized carbons (Fsp3) is 0.267. The number of benzene rings is 1. The van der Waals surface area contributed by atoms with Crippen LogP contribution >= 0.6 is 0 Å². The van der Waals surface area contributed by atoms with E-state index >= 15 is 0 Å². The summed E-state index contributed by atoms with van der Waals surface area (Å²) in [6.07, 6.45) is 0.935. The van der Waals surface area contributed by atoms with Crippen molar-refractivity contribution in [2.24, 2.45) is 5.84 Å². The van der Waals surface area contributed by atoms with E-state index in [1.807, 2.05) is 31.2 Å². The standard InChI is InChI=1S/C15H19N5O2/c1-3-8-22-11-6-4-10(5-7-11)13-12(14(21)20-17)9(2)18-15(16)19-13/h4-7H,3,8,17H2,1-2H3,(H,20,21)(H2,16,18,19). The molecule has 1 aromatic carbocycles. The number of carbonyl (C=O) groups is 1. The van der Waals surface area contributed by atoms with Gasteiger partial charge in [0.05, 0.1) is 23.6 Å². The molecule has 7 nitrogen and oxygen atoms in total. The molecule has 7 heteroatoms. The zero-order valence-electron chi connectivity index (χ0n) is 12.6. The third-order valence-electron chi connectivity index (χ3n) is 3.07. The van der Waals surface area contributed by atoms with Crippen LogP contribution in [0.1, 0.15) is 29.4 Å². The second-order valence-electron chi connectivity index (χ2n) is 4.74. The lowest BCUT2D eigenvalue weighted by Crippen LogP contribution is -2.31. The molecule has 1 amide bonds. The Morgan fingerprint density at radius 2 is 1.95 bits per heavy atom. The van der Waals surface area contributed by atoms with Crippen molar-refractivity contribution in [2.75, 3.05) is 12.3 Å². The number of amides is 1. The highest BCUT2D eigenvalue weighted by atomic mass is 16.5. The number of aromatic nitrogens is 2. The summed E-state index contributed by atoms with van der Waals surface area (Å²) in [5.74, 6) is 5.63. The van der Waals surface area contributed by atoms with Crippen LogP contribution in [0.3, 0.4) is 0 Å². The van der Waals surface area contributed by atoms with E-state index in [0.717, 1.165) is 17.7 Å². The minimum atomic E-state index is -0.459. The molecule has 0 bridgehead atoms. The molecule has 0 fully saturated rings. The number of nitrogens with one attached hydrogen (secondary N) is 1. The molecule has 0 aliphatic heterocycles. The number of hydrazine groups is 1. The first-order valence-electron chi connectivity index (χ1n) is 6.95. The monoisotopic (exact) mass is 301 g/mol. The topological polar surface area (TPSA) is 116 Å². The molecular weight excluding hydrogens is 282 g/mol. The average molecular weight is 301 g/mol. The zero-order valence-corrected chi connectivity index (χ0v) is 12.6. The molecule has 0 saturated carbocycles. The van der Waals surface area contributed by atoms with Crippen molar-refractivity contribution in [1.82, 2.24) is 15.4 Å². The summed E-state index contributed by atoms with van der Waals surface area (Å²) in [6.45, 7) is 4.38. The normalized spacial score (nSPS) is 10.3. The lowest BCUT2D eigenvalue weighted by Gasteiger charge is -2.11. The largest absolute Gasteiger partial charge is 0.494 e. The maximum atomic E-state index is 12.0. The summed E-state index contributed by atoms with van der Waals surface area (Å²) in [4.78, 5) is 20.2. The molecule has 5 N–H and O–H groups in total. The van der Waals surface area contributed by atoms with Gasteiger partial charge in [-0.3, -0.25) is 10.2 Å². The number of anilines is 1. The van der Waals surface area contributed by atoms with Gasteiger partial charge in [-0.2, -0.15) is 0 Å². The van der Waals surface area contributed by atoms with Crippen LogP contribution in [0.2, 0.25) is 0 Å². The van der Waals surface area contributed by atoms with Gasteiger partial charge in [-0.25, -0.2) is 15.8 Å². The van der Waals surface area contributed by atoms with Gasteiger partial charge in [0.25, 0.3) is 5.91 Å². The number of nitrogens with two attached hydrogens (primary N) is 2. The van der Waals surface area contributed by atoms with Crippen molar-refractivity contribution in [3.05, 3.63) is 35.5 Å². The van der Waals surface area contributed by atoms with E-state index in [-0.39, 0.29) is 5.95 Å². The molecule has 0 spiro atoms. The Kier molecular flexibility index (Phi) is 4.90. The molecule has 2 aromatic rings. The summed E-state index contributed by atoms with van der Waals surface area (Å²) in [7, 11) is 0. The SMILES string of the molecule is CCCOc1ccc(-c2nc(N)nc(C)c2C(=O)NN)cc1. The second-order valence-corrected chi connectivity index (χ2v) is 4.74. The van der Waals surface area contributed by atoms with Crippen LogP contribution in [0, 0.1) is 6.92 Å². The molecule has 0 radical (unpaired) electrons. The Morgan fingerprint density at radius 3 is 2.55 bits per heavy atom. The van der Waals surface area contributed by atoms with Crippen molar-refractivity contribution < 1.29 is 9.53 Å². The van der Waals surface area contributed by atoms with Crippen molar-refractivity contribution >= 4 is 11.9 Å². The third kappa shape index (κ3) is 3.32. The third-order valence-corrected chi connectivity index (χ3v) is 3.07. The van der Waals surface area contributed by atoms with Gasteiger partial charge in [-0.05, 0) is 37.6 Å². The second kappa shape index (κ2) is 6.86. The lowest BCUT2D eigenvalue weighted by molar-refractivity contribution is 0.0953. The van der Waals surface area contributed by atoms with E-state index in [4.69, 9.17) is 16.3 Å². The summed E-state index contributed by atoms with van der Waals surface area (Å²) < 4.78 is 5.54. The van der Waals surface area contributed by atoms with E-state index in [0.29, 0.717) is 23.6 Å². The molecule has 2 rings (SSSR count). The number of hydrogen-bond acceptors (Lipinski definition) is 6. The van der Waals surface area contributed by atoms with Gasteiger partial charge >= 0.3 is 0 Å². The predicted molar refractivity (Wildman–Crippen MR) is 84.1 cm³/mol. The fourth-order valence-corrected chi connectivity index (χ4v) is 2.08. The number of rotatable bonds is 5. The summed E-state index contributed by atoms with van der Waals surface area (Å²) in [5, 5.41) is 0. The van der Waals surface area contributed by atoms with Gasteiger partial charge in [-0.1, -0.05) is 6.92 Å². The van der Waals surface area contributed by atoms with Gasteiger partial charge in [0.2, 0.25) is 5.95 Å². The van der Waals surface area contributed by atoms with Gasteiger partial charge in [0, 0.05) is 5.56 Å². The Bertz CT molecular complexity index is 670. The van der Waals surface area contributed by atoms with Crippen LogP contribution in [0.25, 0.3) is 11.3 Å². The summed E-state index contributed by atoms with van der Waals surface area (Å²) in [6, 6.07) is 7.28. The number of hydrogen-bond donors (Lipinski definition) is 3. The van der Waals surface area contributed by atoms with Gasteiger partial charge in [0.15, 0.2) is 0 Å².